The molecular formula is C6H14N2O4S. The van der Waals surface area contributed by atoms with Crippen LogP contribution in [-0.4, -0.2) is 25.5 Å². The van der Waals surface area contributed by atoms with Gasteiger partial charge in [-0.05, 0) is 12.3 Å². The van der Waals surface area contributed by atoms with Crippen LogP contribution >= 0.6 is 0 Å². The second-order valence-electron chi connectivity index (χ2n) is 3.18. The van der Waals surface area contributed by atoms with E-state index in [1.165, 1.54) is 0 Å². The largest absolute Gasteiger partial charge is 0.480 e. The Morgan fingerprint density at radius 3 is 2.23 bits per heavy atom. The first-order chi connectivity index (χ1) is 5.72. The van der Waals surface area contributed by atoms with Gasteiger partial charge >= 0.3 is 5.97 Å². The molecule has 0 amide bonds. The van der Waals surface area contributed by atoms with Crippen LogP contribution in [0.15, 0.2) is 0 Å². The molecule has 0 saturated heterocycles. The summed E-state index contributed by atoms with van der Waals surface area (Å²) in [5.74, 6) is -1.14. The zero-order valence-corrected chi connectivity index (χ0v) is 8.34. The van der Waals surface area contributed by atoms with Crippen LogP contribution in [-0.2, 0) is 15.0 Å². The molecule has 0 aromatic carbocycles. The van der Waals surface area contributed by atoms with Crippen LogP contribution in [0.5, 0.6) is 0 Å². The zero-order valence-electron chi connectivity index (χ0n) is 7.52. The number of nitrogens with two attached hydrogens (primary N) is 1. The van der Waals surface area contributed by atoms with Crippen molar-refractivity contribution in [2.75, 3.05) is 0 Å². The molecule has 6 nitrogen and oxygen atoms in total. The fourth-order valence-corrected chi connectivity index (χ4v) is 1.46. The summed E-state index contributed by atoms with van der Waals surface area (Å²) >= 11 is 0. The molecule has 0 heterocycles. The van der Waals surface area contributed by atoms with Crippen molar-refractivity contribution < 1.29 is 18.3 Å². The van der Waals surface area contributed by atoms with Crippen LogP contribution < -0.4 is 9.86 Å². The fourth-order valence-electron chi connectivity index (χ4n) is 0.869. The van der Waals surface area contributed by atoms with E-state index in [0.717, 1.165) is 0 Å². The zero-order chi connectivity index (χ0) is 10.6. The van der Waals surface area contributed by atoms with E-state index in [2.05, 4.69) is 5.14 Å². The van der Waals surface area contributed by atoms with E-state index in [-0.39, 0.29) is 12.3 Å². The summed E-state index contributed by atoms with van der Waals surface area (Å²) in [6.45, 7) is 3.58. The molecule has 0 rings (SSSR count). The molecule has 4 N–H and O–H groups in total. The predicted molar refractivity (Wildman–Crippen MR) is 47.1 cm³/mol. The Labute approximate surface area is 77.3 Å². The minimum atomic E-state index is -3.94. The van der Waals surface area contributed by atoms with Gasteiger partial charge in [0.25, 0.3) is 10.2 Å². The van der Waals surface area contributed by atoms with Crippen molar-refractivity contribution in [1.29, 1.82) is 0 Å². The first kappa shape index (κ1) is 12.3. The summed E-state index contributed by atoms with van der Waals surface area (Å²) < 4.78 is 22.9. The Morgan fingerprint density at radius 1 is 1.54 bits per heavy atom. The van der Waals surface area contributed by atoms with Gasteiger partial charge in [-0.25, -0.2) is 5.14 Å². The average Bonchev–Trinajstić information content (AvgIpc) is 1.81. The van der Waals surface area contributed by atoms with Crippen molar-refractivity contribution in [2.24, 2.45) is 11.1 Å². The molecule has 0 aliphatic rings. The molecule has 1 atom stereocenters. The summed E-state index contributed by atoms with van der Waals surface area (Å²) in [5.41, 5.74) is 0. The first-order valence-corrected chi connectivity index (χ1v) is 5.30. The average molecular weight is 210 g/mol. The maximum absolute atomic E-state index is 10.5. The highest BCUT2D eigenvalue weighted by Crippen LogP contribution is 2.05. The molecule has 0 saturated carbocycles. The molecule has 1 unspecified atom stereocenters. The molecule has 7 heteroatoms. The van der Waals surface area contributed by atoms with E-state index in [1.807, 2.05) is 4.72 Å². The van der Waals surface area contributed by atoms with Crippen LogP contribution in [0.25, 0.3) is 0 Å². The molecule has 0 aliphatic heterocycles. The van der Waals surface area contributed by atoms with E-state index in [0.29, 0.717) is 0 Å². The lowest BCUT2D eigenvalue weighted by Gasteiger charge is -2.14. The second kappa shape index (κ2) is 4.54. The smallest absolute Gasteiger partial charge is 0.321 e. The Balaban J connectivity index is 4.37. The molecule has 0 bridgehead atoms. The minimum absolute atomic E-state index is 0.0790. The van der Waals surface area contributed by atoms with Gasteiger partial charge in [-0.3, -0.25) is 4.79 Å². The molecular weight excluding hydrogens is 196 g/mol. The van der Waals surface area contributed by atoms with Crippen molar-refractivity contribution >= 4 is 16.2 Å². The monoisotopic (exact) mass is 210 g/mol. The fraction of sp³-hybridized carbons (Fsp3) is 0.833. The lowest BCUT2D eigenvalue weighted by molar-refractivity contribution is -0.139. The topological polar surface area (TPSA) is 109 Å². The van der Waals surface area contributed by atoms with Gasteiger partial charge in [0.05, 0.1) is 0 Å². The van der Waals surface area contributed by atoms with Crippen LogP contribution in [0.4, 0.5) is 0 Å². The third-order valence-corrected chi connectivity index (χ3v) is 1.92. The van der Waals surface area contributed by atoms with E-state index >= 15 is 0 Å². The number of aliphatic carboxylic acids is 1. The molecule has 78 valence electrons. The molecule has 0 spiro atoms. The van der Waals surface area contributed by atoms with Crippen molar-refractivity contribution in [3.05, 3.63) is 0 Å². The first-order valence-electron chi connectivity index (χ1n) is 3.75. The number of rotatable bonds is 5. The van der Waals surface area contributed by atoms with Crippen LogP contribution in [0.3, 0.4) is 0 Å². The van der Waals surface area contributed by atoms with Gasteiger partial charge in [-0.1, -0.05) is 13.8 Å². The Hall–Kier alpha value is -0.660. The number of carboxylic acid groups (broad SMARTS) is 1. The summed E-state index contributed by atoms with van der Waals surface area (Å²) in [7, 11) is -3.94. The van der Waals surface area contributed by atoms with Gasteiger partial charge in [0.2, 0.25) is 0 Å². The number of hydrogen-bond donors (Lipinski definition) is 3. The van der Waals surface area contributed by atoms with Crippen LogP contribution in [0.1, 0.15) is 20.3 Å². The summed E-state index contributed by atoms with van der Waals surface area (Å²) in [6.07, 6.45) is 0.214. The summed E-state index contributed by atoms with van der Waals surface area (Å²) in [6, 6.07) is -1.14. The van der Waals surface area contributed by atoms with Gasteiger partial charge in [0.15, 0.2) is 0 Å². The minimum Gasteiger partial charge on any atom is -0.480 e. The van der Waals surface area contributed by atoms with Crippen molar-refractivity contribution in [3.63, 3.8) is 0 Å². The van der Waals surface area contributed by atoms with Gasteiger partial charge < -0.3 is 5.11 Å². The molecule has 0 aromatic heterocycles. The van der Waals surface area contributed by atoms with Gasteiger partial charge in [0, 0.05) is 0 Å². The number of carbonyl (C=O) groups is 1. The quantitative estimate of drug-likeness (QED) is 0.556. The molecule has 0 aromatic rings. The SMILES string of the molecule is CC(C)CC(NS(N)(=O)=O)C(=O)O. The Kier molecular flexibility index (Phi) is 4.31. The standard InChI is InChI=1S/C6H14N2O4S/c1-4(2)3-5(6(9)10)8-13(7,11)12/h4-5,8H,3H2,1-2H3,(H,9,10)(H2,7,11,12). The number of nitrogens with one attached hydrogen (secondary N) is 1. The van der Waals surface area contributed by atoms with Gasteiger partial charge in [-0.2, -0.15) is 13.1 Å². The molecule has 0 radical (unpaired) electrons. The van der Waals surface area contributed by atoms with Gasteiger partial charge in [-0.15, -0.1) is 0 Å². The van der Waals surface area contributed by atoms with E-state index in [9.17, 15) is 13.2 Å². The van der Waals surface area contributed by atoms with E-state index in [1.54, 1.807) is 13.8 Å². The van der Waals surface area contributed by atoms with Crippen LogP contribution in [0.2, 0.25) is 0 Å². The Bertz CT molecular complexity index is 272. The normalized spacial score (nSPS) is 14.5. The molecule has 0 fully saturated rings. The highest BCUT2D eigenvalue weighted by atomic mass is 32.2. The maximum atomic E-state index is 10.5. The van der Waals surface area contributed by atoms with Crippen LogP contribution in [0, 0.1) is 5.92 Å². The van der Waals surface area contributed by atoms with Crippen molar-refractivity contribution in [1.82, 2.24) is 4.72 Å². The highest BCUT2D eigenvalue weighted by molar-refractivity contribution is 7.87. The van der Waals surface area contributed by atoms with Crippen molar-refractivity contribution in [3.8, 4) is 0 Å². The number of hydrogen-bond acceptors (Lipinski definition) is 3. The third-order valence-electron chi connectivity index (χ3n) is 1.31. The third kappa shape index (κ3) is 6.50. The summed E-state index contributed by atoms with van der Waals surface area (Å²) in [4.78, 5) is 10.5. The van der Waals surface area contributed by atoms with E-state index in [4.69, 9.17) is 5.11 Å². The molecule has 13 heavy (non-hydrogen) atoms. The lowest BCUT2D eigenvalue weighted by atomic mass is 10.1. The highest BCUT2D eigenvalue weighted by Gasteiger charge is 2.22. The lowest BCUT2D eigenvalue weighted by Crippen LogP contribution is -2.44. The van der Waals surface area contributed by atoms with Gasteiger partial charge in [0.1, 0.15) is 6.04 Å². The van der Waals surface area contributed by atoms with Crippen molar-refractivity contribution in [2.45, 2.75) is 26.3 Å². The maximum Gasteiger partial charge on any atom is 0.321 e. The second-order valence-corrected chi connectivity index (χ2v) is 4.51. The number of carboxylic acids is 1. The molecule has 0 aliphatic carbocycles. The predicted octanol–water partition coefficient (Wildman–Crippen LogP) is -0.721. The Morgan fingerprint density at radius 2 is 2.00 bits per heavy atom. The summed E-state index contributed by atoms with van der Waals surface area (Å²) in [5, 5.41) is 13.3. The van der Waals surface area contributed by atoms with E-state index < -0.39 is 22.2 Å².